The van der Waals surface area contributed by atoms with Gasteiger partial charge >= 0.3 is 0 Å². The van der Waals surface area contributed by atoms with Crippen LogP contribution in [0.2, 0.25) is 0 Å². The summed E-state index contributed by atoms with van der Waals surface area (Å²) in [6.07, 6.45) is 5.59. The molecule has 0 aliphatic carbocycles. The van der Waals surface area contributed by atoms with Gasteiger partial charge in [0.15, 0.2) is 5.65 Å². The van der Waals surface area contributed by atoms with E-state index in [2.05, 4.69) is 32.3 Å². The zero-order valence-corrected chi connectivity index (χ0v) is 14.2. The first-order valence-corrected chi connectivity index (χ1v) is 8.82. The summed E-state index contributed by atoms with van der Waals surface area (Å²) in [5.41, 5.74) is 5.55. The summed E-state index contributed by atoms with van der Waals surface area (Å²) in [6, 6.07) is 10.3. The molecule has 1 aliphatic heterocycles. The number of aromatic nitrogens is 5. The molecule has 5 rings (SSSR count). The molecule has 4 heterocycles. The number of aryl methyl sites for hydroxylation is 2. The maximum Gasteiger partial charge on any atom is 0.158 e. The van der Waals surface area contributed by atoms with E-state index in [0.717, 1.165) is 47.6 Å². The Morgan fingerprint density at radius 3 is 3.08 bits per heavy atom. The van der Waals surface area contributed by atoms with Crippen molar-refractivity contribution in [2.24, 2.45) is 0 Å². The summed E-state index contributed by atoms with van der Waals surface area (Å²) in [4.78, 5) is 4.80. The van der Waals surface area contributed by atoms with Crippen molar-refractivity contribution < 1.29 is 0 Å². The first kappa shape index (κ1) is 14.5. The molecule has 0 saturated heterocycles. The number of benzene rings is 1. The van der Waals surface area contributed by atoms with Crippen LogP contribution >= 0.6 is 0 Å². The number of nitrogens with zero attached hydrogens (tertiary/aromatic N) is 5. The molecule has 4 aromatic rings. The average Bonchev–Trinajstić information content (AvgIpc) is 3.22. The summed E-state index contributed by atoms with van der Waals surface area (Å²) in [7, 11) is 0. The first-order valence-electron chi connectivity index (χ1n) is 8.82. The number of hydrogen-bond acceptors (Lipinski definition) is 4. The van der Waals surface area contributed by atoms with Crippen LogP contribution in [0.15, 0.2) is 36.5 Å². The van der Waals surface area contributed by atoms with Gasteiger partial charge < -0.3 is 5.32 Å². The Bertz CT molecular complexity index is 1070. The highest BCUT2D eigenvalue weighted by molar-refractivity contribution is 5.91. The standard InChI is InChI=1S/C19H20N6/c1-13-10-18-22-19(15-6-2-3-8-17(15)25(18)23-13)20-11-14-12-21-24-9-5-4-7-16(14)24/h2-3,6,8,10,12H,4-5,7,9,11H2,1H3,(H,20,22). The molecule has 1 N–H and O–H groups in total. The second-order valence-electron chi connectivity index (χ2n) is 6.68. The Morgan fingerprint density at radius 1 is 1.20 bits per heavy atom. The lowest BCUT2D eigenvalue weighted by Crippen LogP contribution is -2.13. The minimum atomic E-state index is 0.746. The minimum Gasteiger partial charge on any atom is -0.365 e. The van der Waals surface area contributed by atoms with Gasteiger partial charge in [-0.15, -0.1) is 0 Å². The van der Waals surface area contributed by atoms with Crippen molar-refractivity contribution in [3.05, 3.63) is 53.5 Å². The molecule has 1 aliphatic rings. The highest BCUT2D eigenvalue weighted by Gasteiger charge is 2.15. The van der Waals surface area contributed by atoms with Gasteiger partial charge in [0.2, 0.25) is 0 Å². The average molecular weight is 332 g/mol. The van der Waals surface area contributed by atoms with Crippen LogP contribution in [-0.2, 0) is 19.5 Å². The van der Waals surface area contributed by atoms with E-state index in [9.17, 15) is 0 Å². The van der Waals surface area contributed by atoms with Crippen LogP contribution in [0.4, 0.5) is 5.82 Å². The fourth-order valence-electron chi connectivity index (χ4n) is 3.72. The van der Waals surface area contributed by atoms with Crippen LogP contribution in [0.25, 0.3) is 16.6 Å². The molecule has 0 unspecified atom stereocenters. The van der Waals surface area contributed by atoms with E-state index in [0.29, 0.717) is 0 Å². The topological polar surface area (TPSA) is 60.0 Å². The highest BCUT2D eigenvalue weighted by atomic mass is 15.3. The van der Waals surface area contributed by atoms with Crippen molar-refractivity contribution in [1.82, 2.24) is 24.4 Å². The van der Waals surface area contributed by atoms with Gasteiger partial charge in [-0.25, -0.2) is 9.50 Å². The summed E-state index contributed by atoms with van der Waals surface area (Å²) < 4.78 is 4.06. The molecule has 6 nitrogen and oxygen atoms in total. The van der Waals surface area contributed by atoms with Crippen LogP contribution in [-0.4, -0.2) is 24.4 Å². The second kappa shape index (κ2) is 5.58. The van der Waals surface area contributed by atoms with Gasteiger partial charge in [-0.2, -0.15) is 10.2 Å². The lowest BCUT2D eigenvalue weighted by atomic mass is 10.1. The molecule has 0 radical (unpaired) electrons. The molecule has 0 fully saturated rings. The SMILES string of the molecule is Cc1cc2nc(NCc3cnn4c3CCCC4)c3ccccc3n2n1. The molecule has 3 aromatic heterocycles. The van der Waals surface area contributed by atoms with E-state index < -0.39 is 0 Å². The monoisotopic (exact) mass is 332 g/mol. The minimum absolute atomic E-state index is 0.746. The number of anilines is 1. The lowest BCUT2D eigenvalue weighted by molar-refractivity contribution is 0.484. The molecule has 25 heavy (non-hydrogen) atoms. The third-order valence-electron chi connectivity index (χ3n) is 4.94. The van der Waals surface area contributed by atoms with Crippen LogP contribution in [0.3, 0.4) is 0 Å². The summed E-state index contributed by atoms with van der Waals surface area (Å²) in [5.74, 6) is 0.902. The molecule has 0 bridgehead atoms. The fourth-order valence-corrected chi connectivity index (χ4v) is 3.72. The Labute approximate surface area is 145 Å². The lowest BCUT2D eigenvalue weighted by Gasteiger charge is -2.15. The molecule has 0 atom stereocenters. The predicted octanol–water partition coefficient (Wildman–Crippen LogP) is 3.34. The van der Waals surface area contributed by atoms with E-state index >= 15 is 0 Å². The second-order valence-corrected chi connectivity index (χ2v) is 6.68. The van der Waals surface area contributed by atoms with Crippen molar-refractivity contribution in [3.63, 3.8) is 0 Å². The van der Waals surface area contributed by atoms with Gasteiger partial charge in [-0.05, 0) is 38.3 Å². The number of hydrogen-bond donors (Lipinski definition) is 1. The maximum absolute atomic E-state index is 4.80. The molecule has 6 heteroatoms. The third kappa shape index (κ3) is 2.36. The van der Waals surface area contributed by atoms with Gasteiger partial charge in [-0.1, -0.05) is 12.1 Å². The van der Waals surface area contributed by atoms with Crippen LogP contribution in [0, 0.1) is 6.92 Å². The van der Waals surface area contributed by atoms with Gasteiger partial charge in [0.25, 0.3) is 0 Å². The largest absolute Gasteiger partial charge is 0.365 e. The molecule has 0 amide bonds. The highest BCUT2D eigenvalue weighted by Crippen LogP contribution is 2.25. The smallest absolute Gasteiger partial charge is 0.158 e. The Morgan fingerprint density at radius 2 is 2.12 bits per heavy atom. The molecular weight excluding hydrogens is 312 g/mol. The van der Waals surface area contributed by atoms with E-state index in [1.54, 1.807) is 0 Å². The zero-order valence-electron chi connectivity index (χ0n) is 14.2. The van der Waals surface area contributed by atoms with E-state index in [-0.39, 0.29) is 0 Å². The molecule has 1 aromatic carbocycles. The molecule has 0 saturated carbocycles. The van der Waals surface area contributed by atoms with E-state index in [1.807, 2.05) is 35.8 Å². The van der Waals surface area contributed by atoms with Crippen LogP contribution in [0.5, 0.6) is 0 Å². The molecule has 0 spiro atoms. The summed E-state index contributed by atoms with van der Waals surface area (Å²) in [6.45, 7) is 3.78. The fraction of sp³-hybridized carbons (Fsp3) is 0.316. The normalized spacial score (nSPS) is 14.1. The Kier molecular flexibility index (Phi) is 3.23. The summed E-state index contributed by atoms with van der Waals surface area (Å²) in [5, 5.41) is 13.7. The predicted molar refractivity (Wildman–Crippen MR) is 97.7 cm³/mol. The number of rotatable bonds is 3. The van der Waals surface area contributed by atoms with Crippen LogP contribution in [0.1, 0.15) is 29.8 Å². The van der Waals surface area contributed by atoms with Gasteiger partial charge in [0.05, 0.1) is 17.4 Å². The summed E-state index contributed by atoms with van der Waals surface area (Å²) >= 11 is 0. The number of nitrogens with one attached hydrogen (secondary N) is 1. The van der Waals surface area contributed by atoms with Crippen LogP contribution < -0.4 is 5.32 Å². The first-order chi connectivity index (χ1) is 12.3. The third-order valence-corrected chi connectivity index (χ3v) is 4.94. The molecule has 126 valence electrons. The van der Waals surface area contributed by atoms with Crippen molar-refractivity contribution in [3.8, 4) is 0 Å². The van der Waals surface area contributed by atoms with Crippen molar-refractivity contribution in [2.75, 3.05) is 5.32 Å². The van der Waals surface area contributed by atoms with Gasteiger partial charge in [-0.3, -0.25) is 4.68 Å². The van der Waals surface area contributed by atoms with Crippen molar-refractivity contribution >= 4 is 22.4 Å². The van der Waals surface area contributed by atoms with Crippen molar-refractivity contribution in [1.29, 1.82) is 0 Å². The van der Waals surface area contributed by atoms with E-state index in [1.165, 1.54) is 24.1 Å². The van der Waals surface area contributed by atoms with E-state index in [4.69, 9.17) is 4.98 Å². The quantitative estimate of drug-likeness (QED) is 0.625. The number of para-hydroxylation sites is 1. The molecular formula is C19H20N6. The van der Waals surface area contributed by atoms with Crippen molar-refractivity contribution in [2.45, 2.75) is 39.3 Å². The Hall–Kier alpha value is -2.89. The van der Waals surface area contributed by atoms with Gasteiger partial charge in [0.1, 0.15) is 5.82 Å². The maximum atomic E-state index is 4.80. The van der Waals surface area contributed by atoms with Gasteiger partial charge in [0, 0.05) is 35.8 Å². The number of fused-ring (bicyclic) bond motifs is 4. The zero-order chi connectivity index (χ0) is 16.8. The Balaban J connectivity index is 1.54.